The molecule has 0 bridgehead atoms. The molecule has 0 saturated heterocycles. The maximum Gasteiger partial charge on any atom is 0.239 e. The molecule has 1 aromatic rings. The van der Waals surface area contributed by atoms with E-state index in [0.717, 1.165) is 0 Å². The molecule has 1 amide bonds. The number of rotatable bonds is 2. The van der Waals surface area contributed by atoms with Crippen molar-refractivity contribution in [3.05, 3.63) is 23.4 Å². The van der Waals surface area contributed by atoms with Gasteiger partial charge in [0.15, 0.2) is 0 Å². The van der Waals surface area contributed by atoms with Crippen LogP contribution in [0.25, 0.3) is 0 Å². The number of nitrogens with one attached hydrogen (secondary N) is 1. The number of hydrogen-bond acceptors (Lipinski definition) is 2. The van der Waals surface area contributed by atoms with E-state index in [4.69, 9.17) is 11.6 Å². The molecule has 0 saturated carbocycles. The number of aromatic nitrogens is 1. The summed E-state index contributed by atoms with van der Waals surface area (Å²) in [5.74, 6) is 0.371. The summed E-state index contributed by atoms with van der Waals surface area (Å²) in [4.78, 5) is 14.9. The van der Waals surface area contributed by atoms with E-state index in [1.807, 2.05) is 0 Å². The molecule has 1 N–H and O–H groups in total. The molecule has 13 heavy (non-hydrogen) atoms. The van der Waals surface area contributed by atoms with Gasteiger partial charge in [0.25, 0.3) is 0 Å². The van der Waals surface area contributed by atoms with Gasteiger partial charge in [-0.3, -0.25) is 4.79 Å². The Morgan fingerprint density at radius 3 is 2.85 bits per heavy atom. The van der Waals surface area contributed by atoms with Crippen LogP contribution in [0, 0.1) is 0 Å². The molecule has 1 heterocycles. The van der Waals surface area contributed by atoms with Crippen molar-refractivity contribution < 1.29 is 4.79 Å². The number of nitrogens with zero attached hydrogens (tertiary/aromatic N) is 1. The van der Waals surface area contributed by atoms with Crippen LogP contribution in [0.3, 0.4) is 0 Å². The summed E-state index contributed by atoms with van der Waals surface area (Å²) in [5.41, 5.74) is 0. The first-order valence-corrected chi connectivity index (χ1v) is 4.95. The molecule has 0 aliphatic carbocycles. The van der Waals surface area contributed by atoms with Crippen LogP contribution in [0.2, 0.25) is 5.02 Å². The number of carbonyl (C=O) groups is 1. The number of hydrogen-bond donors (Lipinski definition) is 1. The lowest BCUT2D eigenvalue weighted by atomic mass is 10.4. The van der Waals surface area contributed by atoms with E-state index in [1.165, 1.54) is 6.20 Å². The van der Waals surface area contributed by atoms with Gasteiger partial charge in [0.05, 0.1) is 9.85 Å². The fraction of sp³-hybridized carbons (Fsp3) is 0.250. The first kappa shape index (κ1) is 10.5. The van der Waals surface area contributed by atoms with Crippen molar-refractivity contribution in [3.63, 3.8) is 0 Å². The fourth-order valence-electron chi connectivity index (χ4n) is 0.675. The number of halogens is 2. The minimum Gasteiger partial charge on any atom is -0.310 e. The van der Waals surface area contributed by atoms with Crippen LogP contribution in [0.1, 0.15) is 6.92 Å². The van der Waals surface area contributed by atoms with Gasteiger partial charge < -0.3 is 5.32 Å². The Hall–Kier alpha value is -0.610. The normalized spacial score (nSPS) is 12.2. The van der Waals surface area contributed by atoms with Crippen molar-refractivity contribution in [1.82, 2.24) is 4.98 Å². The van der Waals surface area contributed by atoms with E-state index in [-0.39, 0.29) is 10.7 Å². The zero-order chi connectivity index (χ0) is 9.84. The minimum absolute atomic E-state index is 0.130. The monoisotopic (exact) mass is 262 g/mol. The van der Waals surface area contributed by atoms with Gasteiger partial charge in [0, 0.05) is 6.20 Å². The highest BCUT2D eigenvalue weighted by Crippen LogP contribution is 2.10. The van der Waals surface area contributed by atoms with Crippen LogP contribution in [-0.4, -0.2) is 15.7 Å². The average Bonchev–Trinajstić information content (AvgIpc) is 2.08. The lowest BCUT2D eigenvalue weighted by Gasteiger charge is -2.04. The van der Waals surface area contributed by atoms with Crippen LogP contribution in [0.5, 0.6) is 0 Å². The Bertz CT molecular complexity index is 300. The number of alkyl halides is 1. The van der Waals surface area contributed by atoms with E-state index in [2.05, 4.69) is 26.2 Å². The second-order valence-corrected chi connectivity index (χ2v) is 4.28. The van der Waals surface area contributed by atoms with E-state index < -0.39 is 0 Å². The summed E-state index contributed by atoms with van der Waals surface area (Å²) >= 11 is 8.77. The highest BCUT2D eigenvalue weighted by molar-refractivity contribution is 9.10. The Balaban J connectivity index is 2.65. The maximum atomic E-state index is 11.2. The Morgan fingerprint density at radius 1 is 1.69 bits per heavy atom. The summed E-state index contributed by atoms with van der Waals surface area (Å²) in [7, 11) is 0. The Labute approximate surface area is 89.6 Å². The SMILES string of the molecule is C[C@@H](Br)C(=O)Nc1ccc(Cl)cn1. The molecule has 0 fully saturated rings. The third-order valence-electron chi connectivity index (χ3n) is 1.34. The van der Waals surface area contributed by atoms with Crippen LogP contribution < -0.4 is 5.32 Å². The van der Waals surface area contributed by atoms with Crippen molar-refractivity contribution in [3.8, 4) is 0 Å². The van der Waals surface area contributed by atoms with Gasteiger partial charge in [-0.05, 0) is 19.1 Å². The predicted octanol–water partition coefficient (Wildman–Crippen LogP) is 2.46. The molecule has 3 nitrogen and oxygen atoms in total. The van der Waals surface area contributed by atoms with Crippen LogP contribution in [0.15, 0.2) is 18.3 Å². The molecule has 1 aromatic heterocycles. The van der Waals surface area contributed by atoms with E-state index in [1.54, 1.807) is 19.1 Å². The van der Waals surface area contributed by atoms with Crippen molar-refractivity contribution in [1.29, 1.82) is 0 Å². The van der Waals surface area contributed by atoms with Gasteiger partial charge in [-0.1, -0.05) is 27.5 Å². The second-order valence-electron chi connectivity index (χ2n) is 2.47. The molecular weight excluding hydrogens is 255 g/mol. The first-order chi connectivity index (χ1) is 6.09. The van der Waals surface area contributed by atoms with Gasteiger partial charge in [-0.25, -0.2) is 4.98 Å². The molecule has 0 spiro atoms. The summed E-state index contributed by atoms with van der Waals surface area (Å²) in [6.07, 6.45) is 1.48. The van der Waals surface area contributed by atoms with E-state index in [9.17, 15) is 4.79 Å². The Kier molecular flexibility index (Phi) is 3.69. The molecular formula is C8H8BrClN2O. The van der Waals surface area contributed by atoms with Gasteiger partial charge in [0.1, 0.15) is 5.82 Å². The van der Waals surface area contributed by atoms with Crippen molar-refractivity contribution in [2.24, 2.45) is 0 Å². The predicted molar refractivity (Wildman–Crippen MR) is 56.3 cm³/mol. The molecule has 0 aliphatic heterocycles. The number of carbonyl (C=O) groups excluding carboxylic acids is 1. The largest absolute Gasteiger partial charge is 0.310 e. The summed E-state index contributed by atoms with van der Waals surface area (Å²) in [5, 5.41) is 3.16. The molecule has 0 aromatic carbocycles. The van der Waals surface area contributed by atoms with E-state index in [0.29, 0.717) is 10.8 Å². The lowest BCUT2D eigenvalue weighted by molar-refractivity contribution is -0.115. The van der Waals surface area contributed by atoms with Crippen LogP contribution >= 0.6 is 27.5 Å². The summed E-state index contributed by atoms with van der Waals surface area (Å²) in [6.45, 7) is 1.74. The van der Waals surface area contributed by atoms with Crippen LogP contribution in [0.4, 0.5) is 5.82 Å². The van der Waals surface area contributed by atoms with Crippen molar-refractivity contribution >= 4 is 39.3 Å². The third-order valence-corrected chi connectivity index (χ3v) is 1.98. The van der Waals surface area contributed by atoms with Crippen LogP contribution in [-0.2, 0) is 4.79 Å². The minimum atomic E-state index is -0.232. The number of pyridine rings is 1. The highest BCUT2D eigenvalue weighted by atomic mass is 79.9. The topological polar surface area (TPSA) is 42.0 Å². The van der Waals surface area contributed by atoms with Gasteiger partial charge in [0.2, 0.25) is 5.91 Å². The molecule has 5 heteroatoms. The molecule has 0 unspecified atom stereocenters. The quantitative estimate of drug-likeness (QED) is 0.833. The Morgan fingerprint density at radius 2 is 2.38 bits per heavy atom. The second kappa shape index (κ2) is 4.58. The maximum absolute atomic E-state index is 11.2. The van der Waals surface area contributed by atoms with E-state index >= 15 is 0 Å². The first-order valence-electron chi connectivity index (χ1n) is 3.66. The fourth-order valence-corrected chi connectivity index (χ4v) is 0.902. The smallest absolute Gasteiger partial charge is 0.239 e. The molecule has 70 valence electrons. The van der Waals surface area contributed by atoms with Gasteiger partial charge >= 0.3 is 0 Å². The van der Waals surface area contributed by atoms with Crippen molar-refractivity contribution in [2.45, 2.75) is 11.8 Å². The highest BCUT2D eigenvalue weighted by Gasteiger charge is 2.08. The van der Waals surface area contributed by atoms with Gasteiger partial charge in [-0.2, -0.15) is 0 Å². The molecule has 0 aliphatic rings. The van der Waals surface area contributed by atoms with Crippen molar-refractivity contribution in [2.75, 3.05) is 5.32 Å². The average molecular weight is 264 g/mol. The molecule has 1 atom stereocenters. The third kappa shape index (κ3) is 3.32. The number of amides is 1. The van der Waals surface area contributed by atoms with Gasteiger partial charge in [-0.15, -0.1) is 0 Å². The zero-order valence-electron chi connectivity index (χ0n) is 6.92. The summed E-state index contributed by atoms with van der Waals surface area (Å²) < 4.78 is 0. The molecule has 0 radical (unpaired) electrons. The molecule has 1 rings (SSSR count). The lowest BCUT2D eigenvalue weighted by Crippen LogP contribution is -2.20. The standard InChI is InChI=1S/C8H8BrClN2O/c1-5(9)8(13)12-7-3-2-6(10)4-11-7/h2-5H,1H3,(H,11,12,13)/t5-/m1/s1. The zero-order valence-corrected chi connectivity index (χ0v) is 9.26. The number of anilines is 1. The summed E-state index contributed by atoms with van der Waals surface area (Å²) in [6, 6.07) is 3.32.